The van der Waals surface area contributed by atoms with Crippen LogP contribution in [0.4, 0.5) is 17.6 Å². The van der Waals surface area contributed by atoms with Crippen molar-refractivity contribution in [1.29, 1.82) is 0 Å². The van der Waals surface area contributed by atoms with Crippen LogP contribution in [0.2, 0.25) is 0 Å². The summed E-state index contributed by atoms with van der Waals surface area (Å²) in [5, 5.41) is 0. The summed E-state index contributed by atoms with van der Waals surface area (Å²) in [7, 11) is -4.67. The number of carbonyl (C=O) groups is 2. The van der Waals surface area contributed by atoms with Crippen molar-refractivity contribution in [3.05, 3.63) is 127 Å². The number of hydrogen-bond acceptors (Lipinski definition) is 7. The first-order chi connectivity index (χ1) is 24.5. The van der Waals surface area contributed by atoms with E-state index >= 15 is 0 Å². The van der Waals surface area contributed by atoms with Crippen LogP contribution in [0.25, 0.3) is 22.7 Å². The molecule has 0 bridgehead atoms. The number of ether oxygens (including phenoxy) is 2. The normalized spacial score (nSPS) is 17.0. The summed E-state index contributed by atoms with van der Waals surface area (Å²) < 4.78 is 104. The molecule has 4 aromatic carbocycles. The van der Waals surface area contributed by atoms with E-state index in [1.165, 1.54) is 32.0 Å². The van der Waals surface area contributed by atoms with Crippen molar-refractivity contribution in [3.63, 3.8) is 0 Å². The first-order valence-corrected chi connectivity index (χ1v) is 20.6. The molecule has 0 amide bonds. The van der Waals surface area contributed by atoms with Crippen LogP contribution in [0, 0.1) is 23.3 Å². The molecular formula is C38H30Br2F4O7S2. The van der Waals surface area contributed by atoms with Crippen LogP contribution in [0.5, 0.6) is 0 Å². The molecule has 2 aliphatic heterocycles. The number of carbonyl (C=O) groups excluding carboxylic acids is 2. The molecule has 0 aromatic heterocycles. The minimum absolute atomic E-state index is 0.00993. The number of halogens is 6. The van der Waals surface area contributed by atoms with E-state index in [4.69, 9.17) is 9.47 Å². The zero-order valence-electron chi connectivity index (χ0n) is 28.9. The molecule has 53 heavy (non-hydrogen) atoms. The van der Waals surface area contributed by atoms with Gasteiger partial charge in [-0.05, 0) is 132 Å². The van der Waals surface area contributed by atoms with Crippen LogP contribution < -0.4 is 0 Å². The van der Waals surface area contributed by atoms with Gasteiger partial charge in [-0.2, -0.15) is 0 Å². The molecule has 0 saturated carbocycles. The van der Waals surface area contributed by atoms with E-state index in [2.05, 4.69) is 31.9 Å². The minimum atomic E-state index is -3.47. The average molecular weight is 899 g/mol. The lowest BCUT2D eigenvalue weighted by atomic mass is 9.92. The Bertz CT molecular complexity index is 2420. The Hall–Kier alpha value is -3.92. The second-order valence-electron chi connectivity index (χ2n) is 13.1. The van der Waals surface area contributed by atoms with Gasteiger partial charge in [0.2, 0.25) is 11.6 Å². The summed E-state index contributed by atoms with van der Waals surface area (Å²) >= 11 is 6.55. The van der Waals surface area contributed by atoms with E-state index in [0.29, 0.717) is 20.5 Å². The molecule has 0 N–H and O–H groups in total. The van der Waals surface area contributed by atoms with E-state index in [1.54, 1.807) is 38.3 Å². The molecule has 0 spiro atoms. The van der Waals surface area contributed by atoms with Gasteiger partial charge >= 0.3 is 0 Å². The quantitative estimate of drug-likeness (QED) is 0.178. The Morgan fingerprint density at radius 2 is 1.06 bits per heavy atom. The first kappa shape index (κ1) is 40.3. The molecule has 0 saturated heterocycles. The van der Waals surface area contributed by atoms with Crippen molar-refractivity contribution in [2.24, 2.45) is 0 Å². The zero-order valence-corrected chi connectivity index (χ0v) is 33.7. The topological polar surface area (TPSA) is 104 Å². The van der Waals surface area contributed by atoms with Gasteiger partial charge in [-0.3, -0.25) is 13.8 Å². The van der Waals surface area contributed by atoms with Crippen molar-refractivity contribution < 1.29 is 49.3 Å². The average Bonchev–Trinajstić information content (AvgIpc) is 3.45. The number of rotatable bonds is 6. The van der Waals surface area contributed by atoms with Crippen LogP contribution in [-0.2, 0) is 39.7 Å². The van der Waals surface area contributed by atoms with Gasteiger partial charge in [0.25, 0.3) is 0 Å². The summed E-state index contributed by atoms with van der Waals surface area (Å²) in [5.74, 6) is -3.51. The summed E-state index contributed by atoms with van der Waals surface area (Å²) in [4.78, 5) is 26.3. The molecule has 4 aromatic rings. The number of sulfone groups is 1. The van der Waals surface area contributed by atoms with Crippen molar-refractivity contribution >= 4 is 86.7 Å². The standard InChI is InChI=1S/C19H15BrF2O4S.C19H15BrF2O3S/c1-19(2)18(23)16(12-9-11(21)5-6-14(12)22)17(26-19)10-4-7-15(13(20)8-10)27(3,24)25;1-19(2)18(23)16(12-9-11(21)5-6-14(12)22)17(25-19)10-4-7-15(26(3)24)13(20)8-10/h4-9H,1-3H3;4-9H,1-3H3. The molecule has 15 heteroatoms. The fourth-order valence-corrected chi connectivity index (χ4v) is 9.25. The lowest BCUT2D eigenvalue weighted by Crippen LogP contribution is -2.29. The van der Waals surface area contributed by atoms with Crippen LogP contribution in [0.15, 0.2) is 91.5 Å². The Morgan fingerprint density at radius 3 is 1.43 bits per heavy atom. The lowest BCUT2D eigenvalue weighted by molar-refractivity contribution is -0.125. The Kier molecular flexibility index (Phi) is 11.2. The zero-order chi connectivity index (χ0) is 39.4. The van der Waals surface area contributed by atoms with Gasteiger partial charge in [-0.1, -0.05) is 0 Å². The van der Waals surface area contributed by atoms with Crippen LogP contribution in [-0.4, -0.2) is 47.9 Å². The van der Waals surface area contributed by atoms with E-state index in [9.17, 15) is 39.8 Å². The Labute approximate surface area is 322 Å². The first-order valence-electron chi connectivity index (χ1n) is 15.5. The Balaban J connectivity index is 0.000000204. The van der Waals surface area contributed by atoms with Gasteiger partial charge < -0.3 is 9.47 Å². The monoisotopic (exact) mass is 896 g/mol. The van der Waals surface area contributed by atoms with Gasteiger partial charge in [0.15, 0.2) is 21.0 Å². The predicted octanol–water partition coefficient (Wildman–Crippen LogP) is 9.09. The Morgan fingerprint density at radius 1 is 0.642 bits per heavy atom. The molecule has 6 rings (SSSR count). The van der Waals surface area contributed by atoms with E-state index in [0.717, 1.165) is 42.7 Å². The number of ketones is 2. The predicted molar refractivity (Wildman–Crippen MR) is 200 cm³/mol. The number of benzene rings is 4. The molecule has 1 unspecified atom stereocenters. The number of Topliss-reactive ketones (excluding diaryl/α,β-unsaturated/α-hetero) is 2. The van der Waals surface area contributed by atoms with E-state index in [-0.39, 0.29) is 43.2 Å². The summed E-state index contributed by atoms with van der Waals surface area (Å²) in [6, 6.07) is 15.0. The summed E-state index contributed by atoms with van der Waals surface area (Å²) in [6.07, 6.45) is 2.61. The third kappa shape index (κ3) is 8.13. The second kappa shape index (κ2) is 14.7. The number of hydrogen-bond donors (Lipinski definition) is 0. The molecule has 278 valence electrons. The summed E-state index contributed by atoms with van der Waals surface area (Å²) in [5.41, 5.74) is -2.05. The molecule has 2 heterocycles. The maximum atomic E-state index is 14.3. The molecular weight excluding hydrogens is 868 g/mol. The molecule has 7 nitrogen and oxygen atoms in total. The highest BCUT2D eigenvalue weighted by Crippen LogP contribution is 2.44. The van der Waals surface area contributed by atoms with Crippen LogP contribution in [0.1, 0.15) is 49.9 Å². The fourth-order valence-electron chi connectivity index (χ4n) is 5.61. The third-order valence-electron chi connectivity index (χ3n) is 8.21. The van der Waals surface area contributed by atoms with Crippen molar-refractivity contribution in [3.8, 4) is 0 Å². The van der Waals surface area contributed by atoms with Gasteiger partial charge in [0.1, 0.15) is 34.8 Å². The summed E-state index contributed by atoms with van der Waals surface area (Å²) in [6.45, 7) is 6.20. The minimum Gasteiger partial charge on any atom is -0.478 e. The van der Waals surface area contributed by atoms with Gasteiger partial charge in [0.05, 0.1) is 31.7 Å². The maximum absolute atomic E-state index is 14.3. The lowest BCUT2D eigenvalue weighted by Gasteiger charge is -2.18. The smallest absolute Gasteiger partial charge is 0.210 e. The van der Waals surface area contributed by atoms with Gasteiger partial charge in [-0.15, -0.1) is 0 Å². The van der Waals surface area contributed by atoms with Crippen LogP contribution in [0.3, 0.4) is 0 Å². The highest BCUT2D eigenvalue weighted by molar-refractivity contribution is 9.10. The molecule has 1 atom stereocenters. The van der Waals surface area contributed by atoms with Crippen LogP contribution >= 0.6 is 31.9 Å². The highest BCUT2D eigenvalue weighted by atomic mass is 79.9. The maximum Gasteiger partial charge on any atom is 0.210 e. The molecule has 2 aliphatic rings. The fraction of sp³-hybridized carbons (Fsp3) is 0.211. The van der Waals surface area contributed by atoms with Crippen molar-refractivity contribution in [2.45, 2.75) is 48.7 Å². The molecule has 0 fully saturated rings. The SMILES string of the molecule is CC1(C)OC(c2ccc(S(C)(=O)=O)c(Br)c2)=C(c2cc(F)ccc2F)C1=O.CS(=O)c1ccc(C2=C(c3cc(F)ccc3F)C(=O)C(C)(C)O2)cc1Br. The third-order valence-corrected chi connectivity index (χ3v) is 12.2. The largest absolute Gasteiger partial charge is 0.478 e. The highest BCUT2D eigenvalue weighted by Gasteiger charge is 2.45. The second-order valence-corrected chi connectivity index (χ2v) is 18.1. The van der Waals surface area contributed by atoms with Gasteiger partial charge in [-0.25, -0.2) is 26.0 Å². The molecule has 0 radical (unpaired) electrons. The van der Waals surface area contributed by atoms with E-state index in [1.807, 2.05) is 0 Å². The van der Waals surface area contributed by atoms with E-state index < -0.39 is 66.7 Å². The van der Waals surface area contributed by atoms with Crippen molar-refractivity contribution in [2.75, 3.05) is 12.5 Å². The van der Waals surface area contributed by atoms with Crippen molar-refractivity contribution in [1.82, 2.24) is 0 Å². The van der Waals surface area contributed by atoms with Gasteiger partial charge in [0, 0.05) is 43.7 Å². The molecule has 0 aliphatic carbocycles.